The van der Waals surface area contributed by atoms with Gasteiger partial charge in [-0.25, -0.2) is 0 Å². The van der Waals surface area contributed by atoms with Gasteiger partial charge in [-0.05, 0) is 39.2 Å². The molecule has 3 N–H and O–H groups in total. The minimum atomic E-state index is -0.738. The molecule has 1 rings (SSSR count). The third-order valence-corrected chi connectivity index (χ3v) is 3.69. The van der Waals surface area contributed by atoms with Crippen molar-refractivity contribution in [3.05, 3.63) is 0 Å². The second kappa shape index (κ2) is 6.18. The number of carbonyl (C=O) groups is 2. The number of aliphatic carboxylic acids is 1. The van der Waals surface area contributed by atoms with E-state index in [1.165, 1.54) is 0 Å². The van der Waals surface area contributed by atoms with Gasteiger partial charge in [-0.2, -0.15) is 0 Å². The second-order valence-electron chi connectivity index (χ2n) is 5.50. The summed E-state index contributed by atoms with van der Waals surface area (Å²) < 4.78 is 0. The van der Waals surface area contributed by atoms with Crippen molar-refractivity contribution in [3.8, 4) is 0 Å². The number of rotatable bonds is 6. The Labute approximate surface area is 108 Å². The summed E-state index contributed by atoms with van der Waals surface area (Å²) in [5, 5.41) is 15.0. The van der Waals surface area contributed by atoms with E-state index in [9.17, 15) is 9.59 Å². The molecule has 1 saturated carbocycles. The molecular formula is C13H24N2O3. The van der Waals surface area contributed by atoms with E-state index in [1.807, 2.05) is 20.8 Å². The summed E-state index contributed by atoms with van der Waals surface area (Å²) in [5.74, 6) is -1.03. The van der Waals surface area contributed by atoms with Crippen LogP contribution in [0.3, 0.4) is 0 Å². The van der Waals surface area contributed by atoms with E-state index in [4.69, 9.17) is 5.11 Å². The number of amides is 1. The molecule has 0 aliphatic heterocycles. The van der Waals surface area contributed by atoms with Gasteiger partial charge in [-0.1, -0.05) is 13.3 Å². The highest BCUT2D eigenvalue weighted by molar-refractivity contribution is 5.85. The van der Waals surface area contributed by atoms with Crippen molar-refractivity contribution in [1.82, 2.24) is 10.6 Å². The van der Waals surface area contributed by atoms with E-state index in [-0.39, 0.29) is 17.7 Å². The lowest BCUT2D eigenvalue weighted by molar-refractivity contribution is -0.143. The van der Waals surface area contributed by atoms with E-state index in [0.29, 0.717) is 6.54 Å². The zero-order valence-electron chi connectivity index (χ0n) is 11.5. The fourth-order valence-electron chi connectivity index (χ4n) is 2.57. The molecule has 0 bridgehead atoms. The number of nitrogens with one attached hydrogen (secondary N) is 2. The highest BCUT2D eigenvalue weighted by Gasteiger charge is 2.34. The molecule has 0 aromatic carbocycles. The first-order valence-corrected chi connectivity index (χ1v) is 6.64. The third-order valence-electron chi connectivity index (χ3n) is 3.69. The zero-order valence-corrected chi connectivity index (χ0v) is 11.5. The smallest absolute Gasteiger partial charge is 0.306 e. The van der Waals surface area contributed by atoms with Crippen LogP contribution >= 0.6 is 0 Å². The molecule has 1 amide bonds. The molecule has 0 aromatic rings. The molecule has 0 heterocycles. The van der Waals surface area contributed by atoms with Crippen molar-refractivity contribution in [2.75, 3.05) is 13.1 Å². The molecule has 1 aliphatic carbocycles. The predicted octanol–water partition coefficient (Wildman–Crippen LogP) is 0.992. The van der Waals surface area contributed by atoms with Crippen molar-refractivity contribution in [2.45, 2.75) is 45.6 Å². The van der Waals surface area contributed by atoms with Crippen molar-refractivity contribution < 1.29 is 14.7 Å². The SMILES string of the molecule is CCNC(C)(C)C(=O)NCC1CCCC1C(=O)O. The maximum absolute atomic E-state index is 12.0. The van der Waals surface area contributed by atoms with Gasteiger partial charge in [-0.3, -0.25) is 9.59 Å². The third kappa shape index (κ3) is 3.70. The maximum Gasteiger partial charge on any atom is 0.306 e. The Hall–Kier alpha value is -1.10. The molecule has 5 nitrogen and oxygen atoms in total. The first-order chi connectivity index (χ1) is 8.38. The summed E-state index contributed by atoms with van der Waals surface area (Å²) in [6.07, 6.45) is 2.56. The number of carboxylic acids is 1. The Bertz CT molecular complexity index is 315. The molecule has 1 fully saturated rings. The van der Waals surface area contributed by atoms with Gasteiger partial charge in [0, 0.05) is 6.54 Å². The monoisotopic (exact) mass is 256 g/mol. The fraction of sp³-hybridized carbons (Fsp3) is 0.846. The standard InChI is InChI=1S/C13H24N2O3/c1-4-15-13(2,3)12(18)14-8-9-6-5-7-10(9)11(16)17/h9-10,15H,4-8H2,1-3H3,(H,14,18)(H,16,17). The van der Waals surface area contributed by atoms with Crippen LogP contribution in [0.4, 0.5) is 0 Å². The number of hydrogen-bond acceptors (Lipinski definition) is 3. The van der Waals surface area contributed by atoms with Crippen LogP contribution in [-0.2, 0) is 9.59 Å². The van der Waals surface area contributed by atoms with Gasteiger partial charge in [0.2, 0.25) is 5.91 Å². The molecule has 1 aliphatic rings. The molecule has 2 unspecified atom stereocenters. The van der Waals surface area contributed by atoms with Crippen LogP contribution in [0.5, 0.6) is 0 Å². The predicted molar refractivity (Wildman–Crippen MR) is 69.2 cm³/mol. The van der Waals surface area contributed by atoms with Crippen LogP contribution in [0.2, 0.25) is 0 Å². The Morgan fingerprint density at radius 2 is 2.00 bits per heavy atom. The van der Waals surface area contributed by atoms with Gasteiger partial charge >= 0.3 is 5.97 Å². The van der Waals surface area contributed by atoms with Gasteiger partial charge in [-0.15, -0.1) is 0 Å². The number of carbonyl (C=O) groups excluding carboxylic acids is 1. The van der Waals surface area contributed by atoms with E-state index in [1.54, 1.807) is 0 Å². The maximum atomic E-state index is 12.0. The number of carboxylic acid groups (broad SMARTS) is 1. The Balaban J connectivity index is 2.45. The van der Waals surface area contributed by atoms with Gasteiger partial charge in [0.1, 0.15) is 0 Å². The molecule has 0 spiro atoms. The summed E-state index contributed by atoms with van der Waals surface area (Å²) >= 11 is 0. The number of hydrogen-bond donors (Lipinski definition) is 3. The largest absolute Gasteiger partial charge is 0.481 e. The van der Waals surface area contributed by atoms with Crippen LogP contribution in [0.15, 0.2) is 0 Å². The summed E-state index contributed by atoms with van der Waals surface area (Å²) in [5.41, 5.74) is -0.605. The lowest BCUT2D eigenvalue weighted by Gasteiger charge is -2.26. The zero-order chi connectivity index (χ0) is 13.8. The van der Waals surface area contributed by atoms with Crippen LogP contribution in [0.1, 0.15) is 40.0 Å². The summed E-state index contributed by atoms with van der Waals surface area (Å²) in [6, 6.07) is 0. The van der Waals surface area contributed by atoms with Crippen molar-refractivity contribution in [2.24, 2.45) is 11.8 Å². The Kier molecular flexibility index (Phi) is 5.14. The second-order valence-corrected chi connectivity index (χ2v) is 5.50. The topological polar surface area (TPSA) is 78.4 Å². The molecule has 104 valence electrons. The normalized spacial score (nSPS) is 23.9. The average Bonchev–Trinajstić information content (AvgIpc) is 2.73. The van der Waals surface area contributed by atoms with Crippen molar-refractivity contribution in [3.63, 3.8) is 0 Å². The highest BCUT2D eigenvalue weighted by Crippen LogP contribution is 2.31. The summed E-state index contributed by atoms with van der Waals surface area (Å²) in [4.78, 5) is 23.0. The molecule has 18 heavy (non-hydrogen) atoms. The first kappa shape index (κ1) is 15.0. The molecule has 5 heteroatoms. The van der Waals surface area contributed by atoms with E-state index < -0.39 is 11.5 Å². The van der Waals surface area contributed by atoms with Crippen molar-refractivity contribution in [1.29, 1.82) is 0 Å². The minimum Gasteiger partial charge on any atom is -0.481 e. The van der Waals surface area contributed by atoms with Crippen molar-refractivity contribution >= 4 is 11.9 Å². The Morgan fingerprint density at radius 3 is 2.56 bits per heavy atom. The highest BCUT2D eigenvalue weighted by atomic mass is 16.4. The quantitative estimate of drug-likeness (QED) is 0.662. The molecule has 2 atom stereocenters. The van der Waals surface area contributed by atoms with E-state index in [2.05, 4.69) is 10.6 Å². The van der Waals surface area contributed by atoms with Gasteiger partial charge < -0.3 is 15.7 Å². The lowest BCUT2D eigenvalue weighted by atomic mass is 9.95. The minimum absolute atomic E-state index is 0.0691. The van der Waals surface area contributed by atoms with Gasteiger partial charge in [0.05, 0.1) is 11.5 Å². The number of likely N-dealkylation sites (N-methyl/N-ethyl adjacent to an activating group) is 1. The van der Waals surface area contributed by atoms with Crippen LogP contribution in [-0.4, -0.2) is 35.6 Å². The van der Waals surface area contributed by atoms with E-state index in [0.717, 1.165) is 25.8 Å². The van der Waals surface area contributed by atoms with Crippen LogP contribution in [0, 0.1) is 11.8 Å². The molecule has 0 radical (unpaired) electrons. The molecule has 0 aromatic heterocycles. The van der Waals surface area contributed by atoms with Crippen LogP contribution in [0.25, 0.3) is 0 Å². The molecule has 0 saturated heterocycles. The Morgan fingerprint density at radius 1 is 1.33 bits per heavy atom. The van der Waals surface area contributed by atoms with Gasteiger partial charge in [0.25, 0.3) is 0 Å². The fourth-order valence-corrected chi connectivity index (χ4v) is 2.57. The summed E-state index contributed by atoms with van der Waals surface area (Å²) in [7, 11) is 0. The first-order valence-electron chi connectivity index (χ1n) is 6.64. The average molecular weight is 256 g/mol. The van der Waals surface area contributed by atoms with Crippen LogP contribution < -0.4 is 10.6 Å². The van der Waals surface area contributed by atoms with Gasteiger partial charge in [0.15, 0.2) is 0 Å². The molecular weight excluding hydrogens is 232 g/mol. The van der Waals surface area contributed by atoms with E-state index >= 15 is 0 Å². The lowest BCUT2D eigenvalue weighted by Crippen LogP contribution is -2.53. The summed E-state index contributed by atoms with van der Waals surface area (Å²) in [6.45, 7) is 6.79.